The van der Waals surface area contributed by atoms with Gasteiger partial charge >= 0.3 is 21.9 Å². The van der Waals surface area contributed by atoms with Gasteiger partial charge in [0.05, 0.1) is 22.5 Å². The molecule has 1 unspecified atom stereocenters. The standard InChI is InChI=1S/C22H13BrF3NO7S2/c23-15-4-2-5-16(12-15)27(35(29)30)18-11-13-3-1-6-19(20(13)33-21(18)28)34-36(31,32)17-9-7-14(8-10-17)22(24,25)26/h1-12H,(H,29,30)/p-1. The van der Waals surface area contributed by atoms with Gasteiger partial charge in [0.15, 0.2) is 11.3 Å². The molecule has 3 aromatic carbocycles. The molecule has 188 valence electrons. The Morgan fingerprint density at radius 2 is 1.67 bits per heavy atom. The van der Waals surface area contributed by atoms with Gasteiger partial charge in [0.25, 0.3) is 0 Å². The summed E-state index contributed by atoms with van der Waals surface area (Å²) in [7, 11) is -4.61. The summed E-state index contributed by atoms with van der Waals surface area (Å²) in [6.07, 6.45) is -4.66. The maximum absolute atomic E-state index is 12.8. The molecule has 8 nitrogen and oxygen atoms in total. The number of fused-ring (bicyclic) bond motifs is 1. The van der Waals surface area contributed by atoms with E-state index in [1.807, 2.05) is 0 Å². The molecule has 0 N–H and O–H groups in total. The highest BCUT2D eigenvalue weighted by atomic mass is 79.9. The molecule has 0 fully saturated rings. The summed E-state index contributed by atoms with van der Waals surface area (Å²) in [5, 5.41) is 0.121. The number of hydrogen-bond donors (Lipinski definition) is 0. The van der Waals surface area contributed by atoms with Crippen LogP contribution in [0.5, 0.6) is 5.75 Å². The van der Waals surface area contributed by atoms with Gasteiger partial charge in [-0.15, -0.1) is 0 Å². The Morgan fingerprint density at radius 3 is 2.28 bits per heavy atom. The van der Waals surface area contributed by atoms with Gasteiger partial charge in [-0.3, -0.25) is 8.51 Å². The molecule has 36 heavy (non-hydrogen) atoms. The Labute approximate surface area is 212 Å². The van der Waals surface area contributed by atoms with E-state index >= 15 is 0 Å². The van der Waals surface area contributed by atoms with Crippen LogP contribution < -0.4 is 14.1 Å². The number of para-hydroxylation sites is 1. The van der Waals surface area contributed by atoms with Crippen LogP contribution in [0.25, 0.3) is 11.0 Å². The lowest BCUT2D eigenvalue weighted by Gasteiger charge is -2.25. The molecule has 1 heterocycles. The van der Waals surface area contributed by atoms with Crippen molar-refractivity contribution in [2.75, 3.05) is 4.31 Å². The Hall–Kier alpha value is -3.20. The van der Waals surface area contributed by atoms with E-state index < -0.39 is 49.4 Å². The molecule has 0 amide bonds. The van der Waals surface area contributed by atoms with Crippen LogP contribution >= 0.6 is 15.9 Å². The number of rotatable bonds is 6. The van der Waals surface area contributed by atoms with E-state index in [1.54, 1.807) is 12.1 Å². The highest BCUT2D eigenvalue weighted by molar-refractivity contribution is 9.10. The van der Waals surface area contributed by atoms with Crippen molar-refractivity contribution in [3.8, 4) is 5.75 Å². The number of nitrogens with zero attached hydrogens (tertiary/aromatic N) is 1. The Morgan fingerprint density at radius 1 is 1.00 bits per heavy atom. The molecular weight excluding hydrogens is 591 g/mol. The molecule has 0 spiro atoms. The fourth-order valence-corrected chi connectivity index (χ4v) is 5.09. The van der Waals surface area contributed by atoms with Crippen molar-refractivity contribution in [2.24, 2.45) is 0 Å². The van der Waals surface area contributed by atoms with Gasteiger partial charge in [-0.2, -0.15) is 21.6 Å². The molecule has 0 aliphatic carbocycles. The first-order valence-corrected chi connectivity index (χ1v) is 12.9. The monoisotopic (exact) mass is 602 g/mol. The van der Waals surface area contributed by atoms with Crippen molar-refractivity contribution < 1.29 is 39.0 Å². The zero-order valence-electron chi connectivity index (χ0n) is 17.6. The number of benzene rings is 3. The van der Waals surface area contributed by atoms with E-state index in [4.69, 9.17) is 8.60 Å². The van der Waals surface area contributed by atoms with Gasteiger partial charge in [0.2, 0.25) is 0 Å². The van der Waals surface area contributed by atoms with Crippen molar-refractivity contribution in [3.63, 3.8) is 0 Å². The summed E-state index contributed by atoms with van der Waals surface area (Å²) in [5.74, 6) is -0.423. The molecule has 0 bridgehead atoms. The predicted molar refractivity (Wildman–Crippen MR) is 127 cm³/mol. The van der Waals surface area contributed by atoms with E-state index in [1.165, 1.54) is 36.4 Å². The summed E-state index contributed by atoms with van der Waals surface area (Å²) in [4.78, 5) is 12.2. The van der Waals surface area contributed by atoms with Crippen LogP contribution in [0, 0.1) is 0 Å². The first-order chi connectivity index (χ1) is 16.9. The SMILES string of the molecule is O=c1oc2c(OS(=O)(=O)c3ccc(C(F)(F)F)cc3)cccc2cc1N(c1cccc(Br)c1)S(=O)[O-]. The topological polar surface area (TPSA) is 117 Å². The lowest BCUT2D eigenvalue weighted by Crippen LogP contribution is -2.25. The maximum atomic E-state index is 12.8. The third kappa shape index (κ3) is 5.31. The Balaban J connectivity index is 1.75. The van der Waals surface area contributed by atoms with Crippen molar-refractivity contribution >= 4 is 59.7 Å². The van der Waals surface area contributed by atoms with Crippen LogP contribution in [0.1, 0.15) is 5.56 Å². The Bertz CT molecular complexity index is 1640. The molecule has 4 aromatic rings. The second-order valence-electron chi connectivity index (χ2n) is 7.14. The minimum absolute atomic E-state index is 0.121. The van der Waals surface area contributed by atoms with Gasteiger partial charge in [0, 0.05) is 9.86 Å². The van der Waals surface area contributed by atoms with E-state index in [2.05, 4.69) is 15.9 Å². The van der Waals surface area contributed by atoms with Gasteiger partial charge in [-0.1, -0.05) is 34.1 Å². The molecule has 0 aliphatic heterocycles. The maximum Gasteiger partial charge on any atom is 0.416 e. The van der Waals surface area contributed by atoms with Gasteiger partial charge in [-0.25, -0.2) is 4.79 Å². The normalized spacial score (nSPS) is 12.9. The van der Waals surface area contributed by atoms with Crippen molar-refractivity contribution in [2.45, 2.75) is 11.1 Å². The van der Waals surface area contributed by atoms with Crippen molar-refractivity contribution in [1.82, 2.24) is 0 Å². The summed E-state index contributed by atoms with van der Waals surface area (Å²) in [6, 6.07) is 13.9. The third-order valence-electron chi connectivity index (χ3n) is 4.79. The lowest BCUT2D eigenvalue weighted by molar-refractivity contribution is -0.137. The van der Waals surface area contributed by atoms with Gasteiger partial charge < -0.3 is 13.2 Å². The molecular formula is C22H12BrF3NO7S2-. The highest BCUT2D eigenvalue weighted by Crippen LogP contribution is 2.34. The number of hydrogen-bond acceptors (Lipinski definition) is 7. The van der Waals surface area contributed by atoms with E-state index in [0.717, 1.165) is 12.1 Å². The van der Waals surface area contributed by atoms with Crippen LogP contribution in [0.15, 0.2) is 91.4 Å². The average molecular weight is 603 g/mol. The number of anilines is 2. The molecule has 0 aliphatic rings. The Kier molecular flexibility index (Phi) is 6.96. The van der Waals surface area contributed by atoms with Crippen LogP contribution in [0.4, 0.5) is 24.5 Å². The molecule has 0 saturated carbocycles. The zero-order valence-corrected chi connectivity index (χ0v) is 20.8. The smallest absolute Gasteiger partial charge is 0.416 e. The lowest BCUT2D eigenvalue weighted by atomic mass is 10.2. The van der Waals surface area contributed by atoms with E-state index in [9.17, 15) is 35.1 Å². The third-order valence-corrected chi connectivity index (χ3v) is 7.23. The first-order valence-electron chi connectivity index (χ1n) is 9.70. The molecule has 1 aromatic heterocycles. The van der Waals surface area contributed by atoms with Crippen LogP contribution in [0.2, 0.25) is 0 Å². The minimum Gasteiger partial charge on any atom is -0.755 e. The van der Waals surface area contributed by atoms with Crippen molar-refractivity contribution in [1.29, 1.82) is 0 Å². The van der Waals surface area contributed by atoms with Gasteiger partial charge in [-0.05, 0) is 54.6 Å². The minimum atomic E-state index is -4.66. The van der Waals surface area contributed by atoms with E-state index in [-0.39, 0.29) is 22.3 Å². The number of halogens is 4. The molecule has 1 atom stereocenters. The summed E-state index contributed by atoms with van der Waals surface area (Å²) >= 11 is 0.296. The highest BCUT2D eigenvalue weighted by Gasteiger charge is 2.31. The molecule has 14 heteroatoms. The molecule has 0 saturated heterocycles. The molecule has 4 rings (SSSR count). The average Bonchev–Trinajstić information content (AvgIpc) is 2.79. The quantitative estimate of drug-likeness (QED) is 0.167. The summed E-state index contributed by atoms with van der Waals surface area (Å²) in [6.45, 7) is 0. The zero-order chi connectivity index (χ0) is 26.3. The number of alkyl halides is 3. The predicted octanol–water partition coefficient (Wildman–Crippen LogP) is 5.27. The first kappa shape index (κ1) is 25.9. The second kappa shape index (κ2) is 9.69. The van der Waals surface area contributed by atoms with Crippen LogP contribution in [0.3, 0.4) is 0 Å². The summed E-state index contributed by atoms with van der Waals surface area (Å²) in [5.41, 5.74) is -2.73. The molecule has 0 radical (unpaired) electrons. The fourth-order valence-electron chi connectivity index (χ4n) is 3.20. The van der Waals surface area contributed by atoms with Crippen molar-refractivity contribution in [3.05, 3.63) is 93.3 Å². The van der Waals surface area contributed by atoms with E-state index in [0.29, 0.717) is 20.9 Å². The summed E-state index contributed by atoms with van der Waals surface area (Å²) < 4.78 is 99.1. The second-order valence-corrected chi connectivity index (χ2v) is 10.4. The van der Waals surface area contributed by atoms with Gasteiger partial charge in [0.1, 0.15) is 10.6 Å². The van der Waals surface area contributed by atoms with Crippen LogP contribution in [-0.2, 0) is 27.6 Å². The largest absolute Gasteiger partial charge is 0.755 e. The van der Waals surface area contributed by atoms with Crippen LogP contribution in [-0.4, -0.2) is 17.2 Å². The fraction of sp³-hybridized carbons (Fsp3) is 0.0455.